The van der Waals surface area contributed by atoms with Gasteiger partial charge in [0.15, 0.2) is 0 Å². The van der Waals surface area contributed by atoms with Crippen molar-refractivity contribution in [3.05, 3.63) is 17.5 Å². The summed E-state index contributed by atoms with van der Waals surface area (Å²) in [4.78, 5) is 22.5. The Morgan fingerprint density at radius 3 is 2.56 bits per heavy atom. The number of nitrogens with zero attached hydrogens (tertiary/aromatic N) is 2. The highest BCUT2D eigenvalue weighted by atomic mass is 16.4. The van der Waals surface area contributed by atoms with Crippen LogP contribution in [-0.4, -0.2) is 32.8 Å². The first-order chi connectivity index (χ1) is 8.32. The van der Waals surface area contributed by atoms with Gasteiger partial charge in [-0.05, 0) is 19.8 Å². The lowest BCUT2D eigenvalue weighted by Crippen LogP contribution is -2.38. The Balaban J connectivity index is 2.81. The monoisotopic (exact) mass is 253 g/mol. The number of hydrogen-bond donors (Lipinski definition) is 2. The van der Waals surface area contributed by atoms with Crippen LogP contribution in [0.3, 0.4) is 0 Å². The van der Waals surface area contributed by atoms with E-state index in [2.05, 4.69) is 24.3 Å². The van der Waals surface area contributed by atoms with Crippen LogP contribution in [0, 0.1) is 12.8 Å². The molecule has 6 heteroatoms. The van der Waals surface area contributed by atoms with Gasteiger partial charge in [-0.1, -0.05) is 13.8 Å². The molecule has 1 rings (SSSR count). The molecule has 0 bridgehead atoms. The summed E-state index contributed by atoms with van der Waals surface area (Å²) in [5.74, 6) is -1.04. The molecule has 6 nitrogen and oxygen atoms in total. The van der Waals surface area contributed by atoms with Crippen molar-refractivity contribution in [3.63, 3.8) is 0 Å². The molecule has 18 heavy (non-hydrogen) atoms. The van der Waals surface area contributed by atoms with Crippen molar-refractivity contribution in [2.75, 3.05) is 0 Å². The van der Waals surface area contributed by atoms with Crippen molar-refractivity contribution in [3.8, 4) is 0 Å². The first kappa shape index (κ1) is 14.2. The topological polar surface area (TPSA) is 84.2 Å². The predicted octanol–water partition coefficient (Wildman–Crippen LogP) is 1.05. The van der Waals surface area contributed by atoms with Gasteiger partial charge < -0.3 is 10.4 Å². The minimum Gasteiger partial charge on any atom is -0.480 e. The molecule has 0 fully saturated rings. The Hall–Kier alpha value is -1.85. The molecule has 0 spiro atoms. The fourth-order valence-corrected chi connectivity index (χ4v) is 1.54. The van der Waals surface area contributed by atoms with Crippen LogP contribution in [-0.2, 0) is 11.3 Å². The van der Waals surface area contributed by atoms with Crippen LogP contribution >= 0.6 is 0 Å². The van der Waals surface area contributed by atoms with Gasteiger partial charge in [0.25, 0.3) is 5.91 Å². The molecule has 0 unspecified atom stereocenters. The summed E-state index contributed by atoms with van der Waals surface area (Å²) in [7, 11) is 0. The van der Waals surface area contributed by atoms with Crippen LogP contribution in [0.2, 0.25) is 0 Å². The molecule has 0 aromatic carbocycles. The number of carbonyl (C=O) groups is 2. The molecule has 1 amide bonds. The van der Waals surface area contributed by atoms with Crippen LogP contribution in [0.15, 0.2) is 6.20 Å². The molecule has 0 saturated heterocycles. The Labute approximate surface area is 106 Å². The highest BCUT2D eigenvalue weighted by Gasteiger charge is 2.19. The number of rotatable bonds is 5. The zero-order chi connectivity index (χ0) is 13.9. The van der Waals surface area contributed by atoms with Gasteiger partial charge in [0.2, 0.25) is 0 Å². The lowest BCUT2D eigenvalue weighted by atomic mass is 10.2. The van der Waals surface area contributed by atoms with Crippen molar-refractivity contribution < 1.29 is 14.7 Å². The molecule has 100 valence electrons. The van der Waals surface area contributed by atoms with Crippen molar-refractivity contribution in [2.24, 2.45) is 5.92 Å². The summed E-state index contributed by atoms with van der Waals surface area (Å²) in [5, 5.41) is 15.3. The molecule has 2 N–H and O–H groups in total. The highest BCUT2D eigenvalue weighted by molar-refractivity contribution is 5.97. The molecule has 0 aliphatic rings. The van der Waals surface area contributed by atoms with E-state index in [1.165, 1.54) is 13.1 Å². The fourth-order valence-electron chi connectivity index (χ4n) is 1.54. The smallest absolute Gasteiger partial charge is 0.325 e. The molecule has 1 aromatic rings. The van der Waals surface area contributed by atoms with E-state index in [1.54, 1.807) is 11.6 Å². The third-order valence-electron chi connectivity index (χ3n) is 2.60. The van der Waals surface area contributed by atoms with E-state index in [4.69, 9.17) is 5.11 Å². The van der Waals surface area contributed by atoms with Crippen molar-refractivity contribution in [1.82, 2.24) is 15.1 Å². The maximum Gasteiger partial charge on any atom is 0.325 e. The largest absolute Gasteiger partial charge is 0.480 e. The summed E-state index contributed by atoms with van der Waals surface area (Å²) in [6.07, 6.45) is 1.47. The number of carboxylic acid groups (broad SMARTS) is 1. The average Bonchev–Trinajstić information content (AvgIpc) is 2.59. The van der Waals surface area contributed by atoms with Crippen molar-refractivity contribution in [1.29, 1.82) is 0 Å². The quantitative estimate of drug-likeness (QED) is 0.821. The SMILES string of the molecule is Cc1c(C(=O)N[C@H](C)C(=O)O)cnn1CC(C)C. The second-order valence-electron chi connectivity index (χ2n) is 4.75. The maximum atomic E-state index is 11.9. The number of aliphatic carboxylic acids is 1. The summed E-state index contributed by atoms with van der Waals surface area (Å²) in [5.41, 5.74) is 1.17. The molecule has 1 heterocycles. The second kappa shape index (κ2) is 5.66. The molecule has 0 saturated carbocycles. The van der Waals surface area contributed by atoms with E-state index in [-0.39, 0.29) is 0 Å². The van der Waals surface area contributed by atoms with E-state index in [0.717, 1.165) is 12.2 Å². The van der Waals surface area contributed by atoms with Gasteiger partial charge in [-0.3, -0.25) is 14.3 Å². The second-order valence-corrected chi connectivity index (χ2v) is 4.75. The molecular formula is C12H19N3O3. The van der Waals surface area contributed by atoms with Gasteiger partial charge in [0.1, 0.15) is 6.04 Å². The normalized spacial score (nSPS) is 12.5. The van der Waals surface area contributed by atoms with Gasteiger partial charge >= 0.3 is 5.97 Å². The first-order valence-corrected chi connectivity index (χ1v) is 5.89. The fraction of sp³-hybridized carbons (Fsp3) is 0.583. The minimum absolute atomic E-state index is 0.405. The number of amides is 1. The lowest BCUT2D eigenvalue weighted by molar-refractivity contribution is -0.138. The number of aromatic nitrogens is 2. The van der Waals surface area contributed by atoms with Crippen molar-refractivity contribution >= 4 is 11.9 Å². The molecule has 1 aromatic heterocycles. The van der Waals surface area contributed by atoms with Gasteiger partial charge in [-0.25, -0.2) is 0 Å². The number of nitrogens with one attached hydrogen (secondary N) is 1. The Morgan fingerprint density at radius 2 is 2.06 bits per heavy atom. The van der Waals surface area contributed by atoms with E-state index in [0.29, 0.717) is 11.5 Å². The van der Waals surface area contributed by atoms with E-state index < -0.39 is 17.9 Å². The van der Waals surface area contributed by atoms with Gasteiger partial charge in [0, 0.05) is 12.2 Å². The Bertz CT molecular complexity index is 451. The summed E-state index contributed by atoms with van der Waals surface area (Å²) in [6, 6.07) is -0.912. The summed E-state index contributed by atoms with van der Waals surface area (Å²) in [6.45, 7) is 8.08. The molecule has 0 aliphatic heterocycles. The number of hydrogen-bond acceptors (Lipinski definition) is 3. The summed E-state index contributed by atoms with van der Waals surface area (Å²) < 4.78 is 1.75. The molecule has 0 aliphatic carbocycles. The molecule has 0 radical (unpaired) electrons. The highest BCUT2D eigenvalue weighted by Crippen LogP contribution is 2.09. The lowest BCUT2D eigenvalue weighted by Gasteiger charge is -2.10. The number of carbonyl (C=O) groups excluding carboxylic acids is 1. The maximum absolute atomic E-state index is 11.9. The Kier molecular flexibility index (Phi) is 4.47. The van der Waals surface area contributed by atoms with Crippen LogP contribution in [0.25, 0.3) is 0 Å². The third-order valence-corrected chi connectivity index (χ3v) is 2.60. The van der Waals surface area contributed by atoms with Crippen molar-refractivity contribution in [2.45, 2.75) is 40.3 Å². The predicted molar refractivity (Wildman–Crippen MR) is 66.4 cm³/mol. The third kappa shape index (κ3) is 3.32. The van der Waals surface area contributed by atoms with E-state index in [9.17, 15) is 9.59 Å². The molecule has 1 atom stereocenters. The van der Waals surface area contributed by atoms with E-state index in [1.807, 2.05) is 0 Å². The average molecular weight is 253 g/mol. The standard InChI is InChI=1S/C12H19N3O3/c1-7(2)6-15-9(4)10(5-13-15)11(16)14-8(3)12(17)18/h5,7-8H,6H2,1-4H3,(H,14,16)(H,17,18)/t8-/m1/s1. The van der Waals surface area contributed by atoms with Crippen LogP contribution in [0.4, 0.5) is 0 Å². The Morgan fingerprint density at radius 1 is 1.44 bits per heavy atom. The van der Waals surface area contributed by atoms with E-state index >= 15 is 0 Å². The number of carboxylic acids is 1. The first-order valence-electron chi connectivity index (χ1n) is 5.89. The summed E-state index contributed by atoms with van der Waals surface area (Å²) >= 11 is 0. The minimum atomic E-state index is -1.06. The zero-order valence-corrected chi connectivity index (χ0v) is 11.1. The van der Waals surface area contributed by atoms with Crippen LogP contribution in [0.5, 0.6) is 0 Å². The van der Waals surface area contributed by atoms with Gasteiger partial charge in [-0.15, -0.1) is 0 Å². The van der Waals surface area contributed by atoms with Gasteiger partial charge in [-0.2, -0.15) is 5.10 Å². The zero-order valence-electron chi connectivity index (χ0n) is 11.1. The molecular weight excluding hydrogens is 234 g/mol. The van der Waals surface area contributed by atoms with Crippen LogP contribution < -0.4 is 5.32 Å². The van der Waals surface area contributed by atoms with Gasteiger partial charge in [0.05, 0.1) is 11.8 Å². The van der Waals surface area contributed by atoms with Crippen LogP contribution in [0.1, 0.15) is 36.8 Å².